The van der Waals surface area contributed by atoms with Crippen molar-refractivity contribution in [3.63, 3.8) is 0 Å². The highest BCUT2D eigenvalue weighted by Gasteiger charge is 2.02. The summed E-state index contributed by atoms with van der Waals surface area (Å²) in [7, 11) is 0. The van der Waals surface area contributed by atoms with Crippen LogP contribution in [0.4, 0.5) is 4.39 Å². The molecule has 0 saturated carbocycles. The number of nitrogens with zero attached hydrogens (tertiary/aromatic N) is 1. The first-order chi connectivity index (χ1) is 6.66. The highest BCUT2D eigenvalue weighted by molar-refractivity contribution is 5.96. The van der Waals surface area contributed by atoms with E-state index in [1.54, 1.807) is 18.3 Å². The summed E-state index contributed by atoms with van der Waals surface area (Å²) >= 11 is 0. The fourth-order valence-corrected chi connectivity index (χ4v) is 1.30. The molecule has 0 spiro atoms. The number of fused-ring (bicyclic) bond motifs is 1. The zero-order valence-electron chi connectivity index (χ0n) is 7.62. The molecule has 0 atom stereocenters. The molecular formula is C11H8FNO. The van der Waals surface area contributed by atoms with Crippen LogP contribution in [0.5, 0.6) is 0 Å². The molecule has 0 radical (unpaired) electrons. The number of ketones is 1. The Morgan fingerprint density at radius 1 is 1.29 bits per heavy atom. The molecular weight excluding hydrogens is 181 g/mol. The van der Waals surface area contributed by atoms with Crippen LogP contribution in [-0.4, -0.2) is 10.8 Å². The highest BCUT2D eigenvalue weighted by atomic mass is 19.1. The smallest absolute Gasteiger partial charge is 0.178 e. The van der Waals surface area contributed by atoms with E-state index in [0.717, 1.165) is 5.39 Å². The number of hydrogen-bond acceptors (Lipinski definition) is 2. The third-order valence-corrected chi connectivity index (χ3v) is 2.04. The number of Topliss-reactive ketones (excluding diaryl/α,β-unsaturated/α-hetero) is 1. The summed E-state index contributed by atoms with van der Waals surface area (Å²) in [4.78, 5) is 15.0. The Labute approximate surface area is 80.4 Å². The van der Waals surface area contributed by atoms with Crippen molar-refractivity contribution in [1.82, 2.24) is 4.98 Å². The molecule has 70 valence electrons. The van der Waals surface area contributed by atoms with Crippen LogP contribution in [0.25, 0.3) is 10.8 Å². The van der Waals surface area contributed by atoms with Crippen LogP contribution in [0.2, 0.25) is 0 Å². The van der Waals surface area contributed by atoms with E-state index in [-0.39, 0.29) is 11.6 Å². The van der Waals surface area contributed by atoms with Crippen LogP contribution in [0, 0.1) is 5.82 Å². The van der Waals surface area contributed by atoms with Gasteiger partial charge < -0.3 is 0 Å². The van der Waals surface area contributed by atoms with Crippen LogP contribution in [0.1, 0.15) is 17.4 Å². The number of hydrogen-bond donors (Lipinski definition) is 0. The second-order valence-electron chi connectivity index (χ2n) is 3.12. The molecule has 0 bridgehead atoms. The third-order valence-electron chi connectivity index (χ3n) is 2.04. The summed E-state index contributed by atoms with van der Waals surface area (Å²) in [6, 6.07) is 6.00. The summed E-state index contributed by atoms with van der Waals surface area (Å²) in [6.07, 6.45) is 1.57. The SMILES string of the molecule is CC(=O)c1cc2cc(F)ccc2cn1. The number of benzene rings is 1. The van der Waals surface area contributed by atoms with Gasteiger partial charge in [-0.25, -0.2) is 4.39 Å². The maximum Gasteiger partial charge on any atom is 0.178 e. The van der Waals surface area contributed by atoms with Crippen LogP contribution in [0.15, 0.2) is 30.5 Å². The van der Waals surface area contributed by atoms with Gasteiger partial charge in [0.2, 0.25) is 0 Å². The minimum absolute atomic E-state index is 0.115. The van der Waals surface area contributed by atoms with Crippen molar-refractivity contribution >= 4 is 16.6 Å². The molecule has 2 aromatic rings. The molecule has 2 rings (SSSR count). The van der Waals surface area contributed by atoms with Crippen LogP contribution < -0.4 is 0 Å². The number of aromatic nitrogens is 1. The molecule has 0 aliphatic heterocycles. The van der Waals surface area contributed by atoms with E-state index in [1.807, 2.05) is 0 Å². The molecule has 0 N–H and O–H groups in total. The molecule has 0 fully saturated rings. The summed E-state index contributed by atoms with van der Waals surface area (Å²) in [6.45, 7) is 1.44. The molecule has 0 aliphatic rings. The molecule has 1 heterocycles. The summed E-state index contributed by atoms with van der Waals surface area (Å²) < 4.78 is 12.9. The standard InChI is InChI=1S/C11H8FNO/c1-7(14)11-5-9-4-10(12)3-2-8(9)6-13-11/h2-6H,1H3. The molecule has 0 amide bonds. The van der Waals surface area contributed by atoms with E-state index in [0.29, 0.717) is 11.1 Å². The summed E-state index contributed by atoms with van der Waals surface area (Å²) in [5, 5.41) is 1.53. The molecule has 14 heavy (non-hydrogen) atoms. The molecule has 0 aliphatic carbocycles. The zero-order chi connectivity index (χ0) is 10.1. The van der Waals surface area contributed by atoms with Crippen LogP contribution >= 0.6 is 0 Å². The lowest BCUT2D eigenvalue weighted by molar-refractivity contribution is 0.101. The molecule has 0 saturated heterocycles. The van der Waals surface area contributed by atoms with Crippen molar-refractivity contribution in [2.24, 2.45) is 0 Å². The van der Waals surface area contributed by atoms with E-state index < -0.39 is 0 Å². The molecule has 1 aromatic carbocycles. The van der Waals surface area contributed by atoms with Crippen molar-refractivity contribution in [1.29, 1.82) is 0 Å². The predicted molar refractivity (Wildman–Crippen MR) is 51.7 cm³/mol. The van der Waals surface area contributed by atoms with Gasteiger partial charge in [-0.3, -0.25) is 9.78 Å². The van der Waals surface area contributed by atoms with Gasteiger partial charge in [0.1, 0.15) is 11.5 Å². The van der Waals surface area contributed by atoms with Gasteiger partial charge in [-0.15, -0.1) is 0 Å². The fourth-order valence-electron chi connectivity index (χ4n) is 1.30. The quantitative estimate of drug-likeness (QED) is 0.645. The van der Waals surface area contributed by atoms with E-state index >= 15 is 0 Å². The topological polar surface area (TPSA) is 30.0 Å². The molecule has 2 nitrogen and oxygen atoms in total. The summed E-state index contributed by atoms with van der Waals surface area (Å²) in [5.74, 6) is -0.422. The Hall–Kier alpha value is -1.77. The lowest BCUT2D eigenvalue weighted by atomic mass is 10.1. The predicted octanol–water partition coefficient (Wildman–Crippen LogP) is 2.58. The Morgan fingerprint density at radius 2 is 2.07 bits per heavy atom. The summed E-state index contributed by atoms with van der Waals surface area (Å²) in [5.41, 5.74) is 0.364. The first-order valence-corrected chi connectivity index (χ1v) is 4.23. The Bertz CT molecular complexity index is 508. The molecule has 0 unspecified atom stereocenters. The maximum atomic E-state index is 12.9. The Kier molecular flexibility index (Phi) is 2.00. The second-order valence-corrected chi connectivity index (χ2v) is 3.12. The monoisotopic (exact) mass is 189 g/mol. The number of pyridine rings is 1. The number of carbonyl (C=O) groups is 1. The number of carbonyl (C=O) groups excluding carboxylic acids is 1. The lowest BCUT2D eigenvalue weighted by Gasteiger charge is -1.99. The van der Waals surface area contributed by atoms with Gasteiger partial charge in [-0.1, -0.05) is 0 Å². The van der Waals surface area contributed by atoms with Gasteiger partial charge >= 0.3 is 0 Å². The first kappa shape index (κ1) is 8.81. The van der Waals surface area contributed by atoms with Crippen molar-refractivity contribution in [3.8, 4) is 0 Å². The molecule has 1 aromatic heterocycles. The highest BCUT2D eigenvalue weighted by Crippen LogP contribution is 2.15. The van der Waals surface area contributed by atoms with E-state index in [9.17, 15) is 9.18 Å². The number of rotatable bonds is 1. The van der Waals surface area contributed by atoms with Crippen LogP contribution in [-0.2, 0) is 0 Å². The van der Waals surface area contributed by atoms with Gasteiger partial charge in [-0.2, -0.15) is 0 Å². The number of halogens is 1. The minimum atomic E-state index is -0.307. The average molecular weight is 189 g/mol. The van der Waals surface area contributed by atoms with Gasteiger partial charge in [0, 0.05) is 18.5 Å². The van der Waals surface area contributed by atoms with E-state index in [4.69, 9.17) is 0 Å². The van der Waals surface area contributed by atoms with Crippen molar-refractivity contribution in [2.75, 3.05) is 0 Å². The van der Waals surface area contributed by atoms with E-state index in [1.165, 1.54) is 19.1 Å². The Balaban J connectivity index is 2.69. The van der Waals surface area contributed by atoms with Gasteiger partial charge in [0.15, 0.2) is 5.78 Å². The molecule has 3 heteroatoms. The van der Waals surface area contributed by atoms with E-state index in [2.05, 4.69) is 4.98 Å². The fraction of sp³-hybridized carbons (Fsp3) is 0.0909. The second kappa shape index (κ2) is 3.18. The average Bonchev–Trinajstić information content (AvgIpc) is 2.16. The lowest BCUT2D eigenvalue weighted by Crippen LogP contribution is -1.95. The van der Waals surface area contributed by atoms with Crippen LogP contribution in [0.3, 0.4) is 0 Å². The van der Waals surface area contributed by atoms with Gasteiger partial charge in [0.25, 0.3) is 0 Å². The maximum absolute atomic E-state index is 12.9. The van der Waals surface area contributed by atoms with Crippen molar-refractivity contribution < 1.29 is 9.18 Å². The minimum Gasteiger partial charge on any atom is -0.293 e. The van der Waals surface area contributed by atoms with Crippen molar-refractivity contribution in [2.45, 2.75) is 6.92 Å². The normalized spacial score (nSPS) is 10.4. The third kappa shape index (κ3) is 1.48. The van der Waals surface area contributed by atoms with Gasteiger partial charge in [-0.05, 0) is 29.7 Å². The zero-order valence-corrected chi connectivity index (χ0v) is 7.62. The largest absolute Gasteiger partial charge is 0.293 e. The van der Waals surface area contributed by atoms with Crippen molar-refractivity contribution in [3.05, 3.63) is 42.0 Å². The van der Waals surface area contributed by atoms with Gasteiger partial charge in [0.05, 0.1) is 0 Å². The first-order valence-electron chi connectivity index (χ1n) is 4.23. The Morgan fingerprint density at radius 3 is 2.79 bits per heavy atom.